The van der Waals surface area contributed by atoms with Crippen molar-refractivity contribution in [2.24, 2.45) is 0 Å². The van der Waals surface area contributed by atoms with Crippen molar-refractivity contribution in [2.75, 3.05) is 18.5 Å². The summed E-state index contributed by atoms with van der Waals surface area (Å²) in [5, 5.41) is 2.91. The van der Waals surface area contributed by atoms with Crippen LogP contribution in [0.15, 0.2) is 48.8 Å². The minimum atomic E-state index is -4.92. The van der Waals surface area contributed by atoms with Crippen LogP contribution < -0.4 is 10.1 Å². The van der Waals surface area contributed by atoms with Crippen LogP contribution in [0.4, 0.5) is 24.8 Å². The molecule has 4 rings (SSSR count). The van der Waals surface area contributed by atoms with Crippen LogP contribution in [-0.4, -0.2) is 46.2 Å². The van der Waals surface area contributed by atoms with Crippen molar-refractivity contribution in [2.45, 2.75) is 32.0 Å². The van der Waals surface area contributed by atoms with E-state index in [1.807, 2.05) is 25.1 Å². The largest absolute Gasteiger partial charge is 0.490 e. The number of benzene rings is 2. The Kier molecular flexibility index (Phi) is 6.55. The van der Waals surface area contributed by atoms with Crippen LogP contribution >= 0.6 is 0 Å². The number of halogens is 3. The maximum atomic E-state index is 12.6. The minimum Gasteiger partial charge on any atom is -0.490 e. The molecule has 0 amide bonds. The van der Waals surface area contributed by atoms with Crippen molar-refractivity contribution >= 4 is 17.4 Å². The van der Waals surface area contributed by atoms with Gasteiger partial charge in [-0.15, -0.1) is 0 Å². The average Bonchev–Trinajstić information content (AvgIpc) is 2.81. The lowest BCUT2D eigenvalue weighted by Crippen LogP contribution is -2.26. The van der Waals surface area contributed by atoms with Gasteiger partial charge >= 0.3 is 6.18 Å². The summed E-state index contributed by atoms with van der Waals surface area (Å²) in [7, 11) is 0. The third-order valence-electron chi connectivity index (χ3n) is 5.13. The topological polar surface area (TPSA) is 86.2 Å². The van der Waals surface area contributed by atoms with Gasteiger partial charge in [0.2, 0.25) is 5.95 Å². The van der Waals surface area contributed by atoms with Gasteiger partial charge < -0.3 is 14.8 Å². The first kappa shape index (κ1) is 22.7. The van der Waals surface area contributed by atoms with E-state index in [-0.39, 0.29) is 12.1 Å². The van der Waals surface area contributed by atoms with Gasteiger partial charge in [-0.2, -0.15) is 18.2 Å². The first-order valence-corrected chi connectivity index (χ1v) is 10.3. The third kappa shape index (κ3) is 5.64. The summed E-state index contributed by atoms with van der Waals surface area (Å²) in [4.78, 5) is 24.0. The highest BCUT2D eigenvalue weighted by molar-refractivity contribution is 6.00. The van der Waals surface area contributed by atoms with Crippen LogP contribution in [0.25, 0.3) is 11.4 Å². The zero-order chi connectivity index (χ0) is 23.4. The summed E-state index contributed by atoms with van der Waals surface area (Å²) in [5.74, 6) is -0.449. The number of ether oxygens (including phenoxy) is 2. The molecule has 0 spiro atoms. The number of hydrogen-bond donors (Lipinski definition) is 1. The molecule has 33 heavy (non-hydrogen) atoms. The highest BCUT2D eigenvalue weighted by Crippen LogP contribution is 2.27. The molecule has 1 aliphatic heterocycles. The molecule has 0 unspecified atom stereocenters. The zero-order valence-corrected chi connectivity index (χ0v) is 17.7. The van der Waals surface area contributed by atoms with Gasteiger partial charge in [-0.3, -0.25) is 4.79 Å². The predicted octanol–water partition coefficient (Wildman–Crippen LogP) is 4.89. The molecule has 7 nitrogen and oxygen atoms in total. The number of nitrogens with one attached hydrogen (secondary N) is 1. The van der Waals surface area contributed by atoms with Crippen LogP contribution in [0.5, 0.6) is 5.75 Å². The average molecular weight is 458 g/mol. The molecule has 0 aliphatic carbocycles. The first-order chi connectivity index (χ1) is 15.8. The second kappa shape index (κ2) is 9.53. The van der Waals surface area contributed by atoms with E-state index in [1.165, 1.54) is 18.5 Å². The maximum absolute atomic E-state index is 12.6. The summed E-state index contributed by atoms with van der Waals surface area (Å²) in [6, 6.07) is 10.6. The Hall–Kier alpha value is -3.53. The summed E-state index contributed by atoms with van der Waals surface area (Å²) in [6.07, 6.45) is -1.73. The van der Waals surface area contributed by atoms with E-state index in [0.717, 1.165) is 41.9 Å². The van der Waals surface area contributed by atoms with Crippen molar-refractivity contribution in [3.05, 3.63) is 59.9 Å². The summed E-state index contributed by atoms with van der Waals surface area (Å²) in [5.41, 5.74) is 1.70. The molecule has 0 atom stereocenters. The quantitative estimate of drug-likeness (QED) is 0.526. The van der Waals surface area contributed by atoms with E-state index >= 15 is 0 Å². The Morgan fingerprint density at radius 3 is 2.48 bits per heavy atom. The van der Waals surface area contributed by atoms with Gasteiger partial charge in [-0.05, 0) is 55.0 Å². The van der Waals surface area contributed by atoms with Gasteiger partial charge in [0.05, 0.1) is 13.2 Å². The molecular weight excluding hydrogens is 437 g/mol. The number of nitrogens with zero attached hydrogens (tertiary/aromatic N) is 3. The highest BCUT2D eigenvalue weighted by atomic mass is 19.4. The Morgan fingerprint density at radius 1 is 1.09 bits per heavy atom. The van der Waals surface area contributed by atoms with E-state index in [1.54, 1.807) is 0 Å². The fraction of sp³-hybridized carbons (Fsp3) is 0.304. The number of alkyl halides is 3. The summed E-state index contributed by atoms with van der Waals surface area (Å²) < 4.78 is 49.1. The molecule has 2 aromatic carbocycles. The molecule has 1 aromatic heterocycles. The minimum absolute atomic E-state index is 0.133. The Morgan fingerprint density at radius 2 is 1.82 bits per heavy atom. The van der Waals surface area contributed by atoms with Crippen molar-refractivity contribution in [3.63, 3.8) is 0 Å². The van der Waals surface area contributed by atoms with E-state index < -0.39 is 17.5 Å². The number of hydrogen-bond acceptors (Lipinski definition) is 7. The van der Waals surface area contributed by atoms with Crippen LogP contribution in [0, 0.1) is 6.92 Å². The first-order valence-electron chi connectivity index (χ1n) is 10.3. The fourth-order valence-corrected chi connectivity index (χ4v) is 3.39. The van der Waals surface area contributed by atoms with Gasteiger partial charge in [0.25, 0.3) is 5.78 Å². The number of carbonyl (C=O) groups is 1. The molecule has 0 radical (unpaired) electrons. The van der Waals surface area contributed by atoms with Gasteiger partial charge in [0, 0.05) is 29.7 Å². The van der Waals surface area contributed by atoms with Crippen molar-refractivity contribution in [3.8, 4) is 17.1 Å². The second-order valence-electron chi connectivity index (χ2n) is 7.57. The van der Waals surface area contributed by atoms with Crippen molar-refractivity contribution < 1.29 is 27.4 Å². The maximum Gasteiger partial charge on any atom is 0.454 e. The van der Waals surface area contributed by atoms with Gasteiger partial charge in [0.1, 0.15) is 18.2 Å². The SMILES string of the molecule is Cc1cc(-c2ncnc(Nc3ccc(C(=O)C(F)(F)F)cc3)n2)ccc1OC1CCOCC1. The molecule has 0 saturated carbocycles. The van der Waals surface area contributed by atoms with Crippen LogP contribution in [0.2, 0.25) is 0 Å². The zero-order valence-electron chi connectivity index (χ0n) is 17.7. The monoisotopic (exact) mass is 458 g/mol. The lowest BCUT2D eigenvalue weighted by molar-refractivity contribution is -0.0885. The van der Waals surface area contributed by atoms with Crippen molar-refractivity contribution in [1.29, 1.82) is 0 Å². The molecule has 2 heterocycles. The molecule has 1 fully saturated rings. The van der Waals surface area contributed by atoms with Crippen molar-refractivity contribution in [1.82, 2.24) is 15.0 Å². The molecule has 1 aliphatic rings. The normalized spacial score (nSPS) is 14.7. The standard InChI is InChI=1S/C23H21F3N4O3/c1-14-12-16(4-7-19(14)33-18-8-10-32-11-9-18)21-27-13-28-22(30-21)29-17-5-2-15(3-6-17)20(31)23(24,25)26/h2-7,12-13,18H,8-11H2,1H3,(H,27,28,29,30). The number of rotatable bonds is 6. The number of aryl methyl sites for hydroxylation is 1. The second-order valence-corrected chi connectivity index (χ2v) is 7.57. The number of anilines is 2. The molecule has 1 saturated heterocycles. The predicted molar refractivity (Wildman–Crippen MR) is 115 cm³/mol. The molecule has 172 valence electrons. The number of ketones is 1. The lowest BCUT2D eigenvalue weighted by atomic mass is 10.1. The van der Waals surface area contributed by atoms with Crippen LogP contribution in [0.1, 0.15) is 28.8 Å². The Bertz CT molecular complexity index is 1130. The van der Waals surface area contributed by atoms with E-state index in [0.29, 0.717) is 24.7 Å². The number of carbonyl (C=O) groups excluding carboxylic acids is 1. The number of Topliss-reactive ketones (excluding diaryl/α,β-unsaturated/α-hetero) is 1. The summed E-state index contributed by atoms with van der Waals surface area (Å²) in [6.45, 7) is 3.34. The third-order valence-corrected chi connectivity index (χ3v) is 5.13. The van der Waals surface area contributed by atoms with Crippen LogP contribution in [0.3, 0.4) is 0 Å². The molecule has 10 heteroatoms. The Labute approximate surface area is 188 Å². The fourth-order valence-electron chi connectivity index (χ4n) is 3.39. The molecule has 0 bridgehead atoms. The van der Waals surface area contributed by atoms with E-state index in [2.05, 4.69) is 20.3 Å². The summed E-state index contributed by atoms with van der Waals surface area (Å²) >= 11 is 0. The van der Waals surface area contributed by atoms with Gasteiger partial charge in [-0.25, -0.2) is 9.97 Å². The van der Waals surface area contributed by atoms with Crippen LogP contribution in [-0.2, 0) is 4.74 Å². The number of aromatic nitrogens is 3. The lowest BCUT2D eigenvalue weighted by Gasteiger charge is -2.24. The van der Waals surface area contributed by atoms with Gasteiger partial charge in [-0.1, -0.05) is 0 Å². The molecular formula is C23H21F3N4O3. The highest BCUT2D eigenvalue weighted by Gasteiger charge is 2.39. The smallest absolute Gasteiger partial charge is 0.454 e. The van der Waals surface area contributed by atoms with Gasteiger partial charge in [0.15, 0.2) is 5.82 Å². The molecule has 1 N–H and O–H groups in total. The van der Waals surface area contributed by atoms with E-state index in [9.17, 15) is 18.0 Å². The Balaban J connectivity index is 1.46. The van der Waals surface area contributed by atoms with E-state index in [4.69, 9.17) is 9.47 Å². The molecule has 3 aromatic rings.